The number of aliphatic carboxylic acids is 1. The maximum Gasteiger partial charge on any atom is 0.306 e. The number of nitrogens with zero attached hydrogens (tertiary/aromatic N) is 1. The summed E-state index contributed by atoms with van der Waals surface area (Å²) >= 11 is 0. The van der Waals surface area contributed by atoms with E-state index in [1.54, 1.807) is 12.1 Å². The summed E-state index contributed by atoms with van der Waals surface area (Å²) in [6.45, 7) is 6.42. The number of amides is 1. The van der Waals surface area contributed by atoms with Gasteiger partial charge < -0.3 is 15.2 Å². The number of hydrogen-bond donors (Lipinski definition) is 2. The molecule has 182 valence electrons. The van der Waals surface area contributed by atoms with Crippen molar-refractivity contribution in [2.24, 2.45) is 23.7 Å². The maximum atomic E-state index is 12.7. The van der Waals surface area contributed by atoms with Gasteiger partial charge in [0, 0.05) is 6.07 Å². The van der Waals surface area contributed by atoms with Gasteiger partial charge in [-0.3, -0.25) is 19.7 Å². The Kier molecular flexibility index (Phi) is 8.46. The number of benzene rings is 1. The lowest BCUT2D eigenvalue weighted by Gasteiger charge is -2.37. The first-order chi connectivity index (χ1) is 15.7. The van der Waals surface area contributed by atoms with E-state index < -0.39 is 16.8 Å². The third kappa shape index (κ3) is 6.53. The van der Waals surface area contributed by atoms with E-state index >= 15 is 0 Å². The average molecular weight is 461 g/mol. The fraction of sp³-hybridized carbons (Fsp3) is 0.680. The molecule has 0 aromatic heterocycles. The Morgan fingerprint density at radius 3 is 2.48 bits per heavy atom. The number of ether oxygens (including phenoxy) is 1. The summed E-state index contributed by atoms with van der Waals surface area (Å²) in [5, 5.41) is 23.4. The van der Waals surface area contributed by atoms with Crippen molar-refractivity contribution in [2.75, 3.05) is 11.9 Å². The molecule has 1 aromatic rings. The zero-order valence-electron chi connectivity index (χ0n) is 19.8. The second-order valence-electron chi connectivity index (χ2n) is 10.1. The largest absolute Gasteiger partial charge is 0.481 e. The fourth-order valence-corrected chi connectivity index (χ4v) is 5.42. The number of carbonyl (C=O) groups is 2. The van der Waals surface area contributed by atoms with Crippen LogP contribution in [0.4, 0.5) is 11.4 Å². The highest BCUT2D eigenvalue weighted by Gasteiger charge is 2.32. The minimum Gasteiger partial charge on any atom is -0.481 e. The van der Waals surface area contributed by atoms with E-state index in [1.165, 1.54) is 12.5 Å². The molecule has 3 rings (SSSR count). The Hall–Kier alpha value is -2.48. The van der Waals surface area contributed by atoms with Gasteiger partial charge in [-0.25, -0.2) is 0 Å². The number of carboxylic acids is 1. The maximum absolute atomic E-state index is 12.7. The molecule has 0 bridgehead atoms. The van der Waals surface area contributed by atoms with Crippen molar-refractivity contribution in [2.45, 2.75) is 77.7 Å². The molecule has 2 aliphatic rings. The molecule has 1 aromatic carbocycles. The molecule has 0 saturated heterocycles. The van der Waals surface area contributed by atoms with Crippen LogP contribution in [0.5, 0.6) is 0 Å². The fourth-order valence-electron chi connectivity index (χ4n) is 5.42. The molecular formula is C25H36N2O6. The SMILES string of the molecule is CC(C)[C@@H]1CC[C@@H](C)C[C@H]1OCC(=O)Nc1cc(C2CCC(C(=O)O)CC2)ccc1[N+](=O)[O-]. The van der Waals surface area contributed by atoms with Crippen molar-refractivity contribution in [1.82, 2.24) is 0 Å². The van der Waals surface area contributed by atoms with Crippen molar-refractivity contribution in [3.8, 4) is 0 Å². The van der Waals surface area contributed by atoms with Crippen LogP contribution in [0.3, 0.4) is 0 Å². The molecule has 3 atom stereocenters. The lowest BCUT2D eigenvalue weighted by molar-refractivity contribution is -0.383. The minimum atomic E-state index is -0.767. The van der Waals surface area contributed by atoms with Gasteiger partial charge in [0.25, 0.3) is 11.6 Å². The van der Waals surface area contributed by atoms with Crippen LogP contribution in [-0.2, 0) is 14.3 Å². The Morgan fingerprint density at radius 1 is 1.18 bits per heavy atom. The highest BCUT2D eigenvalue weighted by atomic mass is 16.6. The summed E-state index contributed by atoms with van der Waals surface area (Å²) in [4.78, 5) is 34.9. The zero-order chi connectivity index (χ0) is 24.1. The second kappa shape index (κ2) is 11.1. The Bertz CT molecular complexity index is 862. The van der Waals surface area contributed by atoms with E-state index in [2.05, 4.69) is 26.1 Å². The first-order valence-electron chi connectivity index (χ1n) is 12.1. The number of nitrogens with one attached hydrogen (secondary N) is 1. The van der Waals surface area contributed by atoms with E-state index in [-0.39, 0.29) is 35.9 Å². The van der Waals surface area contributed by atoms with Gasteiger partial charge in [-0.2, -0.15) is 0 Å². The third-order valence-electron chi connectivity index (χ3n) is 7.43. The second-order valence-corrected chi connectivity index (χ2v) is 10.1. The van der Waals surface area contributed by atoms with Crippen molar-refractivity contribution in [3.05, 3.63) is 33.9 Å². The molecule has 0 radical (unpaired) electrons. The standard InChI is InChI=1S/C25H36N2O6/c1-15(2)20-10-4-16(3)12-23(20)33-14-24(28)26-21-13-19(9-11-22(21)27(31)32)17-5-7-18(8-6-17)25(29)30/h9,11,13,15-18,20,23H,4-8,10,12,14H2,1-3H3,(H,26,28)(H,29,30)/t16-,17?,18?,20+,23-/m1/s1. The topological polar surface area (TPSA) is 119 Å². The first-order valence-corrected chi connectivity index (χ1v) is 12.1. The van der Waals surface area contributed by atoms with Crippen molar-refractivity contribution in [3.63, 3.8) is 0 Å². The van der Waals surface area contributed by atoms with Gasteiger partial charge in [0.05, 0.1) is 16.9 Å². The molecule has 33 heavy (non-hydrogen) atoms. The van der Waals surface area contributed by atoms with Gasteiger partial charge in [-0.15, -0.1) is 0 Å². The monoisotopic (exact) mass is 460 g/mol. The lowest BCUT2D eigenvalue weighted by atomic mass is 9.75. The molecule has 8 nitrogen and oxygen atoms in total. The molecule has 0 aliphatic heterocycles. The lowest BCUT2D eigenvalue weighted by Crippen LogP contribution is -2.36. The zero-order valence-corrected chi connectivity index (χ0v) is 19.8. The summed E-state index contributed by atoms with van der Waals surface area (Å²) in [7, 11) is 0. The number of rotatable bonds is 8. The van der Waals surface area contributed by atoms with Gasteiger partial charge in [0.2, 0.25) is 0 Å². The first kappa shape index (κ1) is 25.1. The van der Waals surface area contributed by atoms with Gasteiger partial charge >= 0.3 is 5.97 Å². The summed E-state index contributed by atoms with van der Waals surface area (Å²) in [5.74, 6) is 0.0774. The molecule has 8 heteroatoms. The predicted octanol–water partition coefficient (Wildman–Crippen LogP) is 5.37. The predicted molar refractivity (Wildman–Crippen MR) is 125 cm³/mol. The molecule has 1 amide bonds. The van der Waals surface area contributed by atoms with Crippen LogP contribution < -0.4 is 5.32 Å². The smallest absolute Gasteiger partial charge is 0.306 e. The van der Waals surface area contributed by atoms with Crippen LogP contribution >= 0.6 is 0 Å². The number of nitro benzene ring substituents is 1. The van der Waals surface area contributed by atoms with Crippen LogP contribution in [0, 0.1) is 33.8 Å². The van der Waals surface area contributed by atoms with E-state index in [4.69, 9.17) is 4.74 Å². The normalized spacial score (nSPS) is 27.8. The highest BCUT2D eigenvalue weighted by molar-refractivity contribution is 5.94. The average Bonchev–Trinajstić information content (AvgIpc) is 2.77. The molecule has 2 aliphatic carbocycles. The van der Waals surface area contributed by atoms with Gasteiger partial charge in [-0.1, -0.05) is 33.3 Å². The quantitative estimate of drug-likeness (QED) is 0.398. The minimum absolute atomic E-state index is 0.0187. The Morgan fingerprint density at radius 2 is 1.88 bits per heavy atom. The molecule has 2 N–H and O–H groups in total. The van der Waals surface area contributed by atoms with E-state index in [9.17, 15) is 24.8 Å². The van der Waals surface area contributed by atoms with Crippen LogP contribution in [0.15, 0.2) is 18.2 Å². The third-order valence-corrected chi connectivity index (χ3v) is 7.43. The van der Waals surface area contributed by atoms with Gasteiger partial charge in [-0.05, 0) is 73.8 Å². The molecule has 0 spiro atoms. The van der Waals surface area contributed by atoms with E-state index in [0.29, 0.717) is 43.4 Å². The summed E-state index contributed by atoms with van der Waals surface area (Å²) in [6.07, 6.45) is 5.79. The number of carboxylic acid groups (broad SMARTS) is 1. The number of hydrogen-bond acceptors (Lipinski definition) is 5. The Balaban J connectivity index is 1.66. The molecule has 2 fully saturated rings. The molecule has 0 heterocycles. The number of anilines is 1. The van der Waals surface area contributed by atoms with Crippen molar-refractivity contribution in [1.29, 1.82) is 0 Å². The van der Waals surface area contributed by atoms with Gasteiger partial charge in [0.15, 0.2) is 0 Å². The number of nitro groups is 1. The van der Waals surface area contributed by atoms with Crippen LogP contribution in [0.2, 0.25) is 0 Å². The van der Waals surface area contributed by atoms with Gasteiger partial charge in [0.1, 0.15) is 12.3 Å². The van der Waals surface area contributed by atoms with Crippen molar-refractivity contribution < 1.29 is 24.4 Å². The van der Waals surface area contributed by atoms with E-state index in [0.717, 1.165) is 18.4 Å². The van der Waals surface area contributed by atoms with Crippen LogP contribution in [-0.4, -0.2) is 34.6 Å². The molecular weight excluding hydrogens is 424 g/mol. The number of carbonyl (C=O) groups excluding carboxylic acids is 1. The highest BCUT2D eigenvalue weighted by Crippen LogP contribution is 2.39. The molecule has 0 unspecified atom stereocenters. The summed E-state index contributed by atoms with van der Waals surface area (Å²) in [5.41, 5.74) is 0.906. The van der Waals surface area contributed by atoms with Crippen molar-refractivity contribution >= 4 is 23.3 Å². The van der Waals surface area contributed by atoms with Crippen LogP contribution in [0.25, 0.3) is 0 Å². The van der Waals surface area contributed by atoms with Crippen LogP contribution in [0.1, 0.15) is 77.2 Å². The summed E-state index contributed by atoms with van der Waals surface area (Å²) in [6, 6.07) is 4.81. The van der Waals surface area contributed by atoms with E-state index in [1.807, 2.05) is 0 Å². The summed E-state index contributed by atoms with van der Waals surface area (Å²) < 4.78 is 6.00. The molecule has 2 saturated carbocycles. The Labute approximate surface area is 195 Å².